The Bertz CT molecular complexity index is 376. The number of thiophene rings is 1. The van der Waals surface area contributed by atoms with E-state index in [1.807, 2.05) is 17.5 Å². The van der Waals surface area contributed by atoms with Gasteiger partial charge in [-0.15, -0.1) is 11.3 Å². The molecule has 2 amide bonds. The predicted octanol–water partition coefficient (Wildman–Crippen LogP) is 1.83. The third-order valence-corrected chi connectivity index (χ3v) is 3.80. The number of unbranched alkanes of at least 4 members (excludes halogenated alkanes) is 2. The van der Waals surface area contributed by atoms with Crippen molar-refractivity contribution in [2.75, 3.05) is 0 Å². The topological polar surface area (TPSA) is 86.2 Å². The molecule has 0 aromatic carbocycles. The van der Waals surface area contributed by atoms with Crippen LogP contribution in [-0.4, -0.2) is 11.8 Å². The number of primary amides is 2. The summed E-state index contributed by atoms with van der Waals surface area (Å²) < 4.78 is 0. The van der Waals surface area contributed by atoms with Gasteiger partial charge in [-0.2, -0.15) is 0 Å². The van der Waals surface area contributed by atoms with Crippen LogP contribution in [0.15, 0.2) is 17.5 Å². The minimum absolute atomic E-state index is 0.0998. The van der Waals surface area contributed by atoms with Gasteiger partial charge in [0.2, 0.25) is 11.8 Å². The van der Waals surface area contributed by atoms with Crippen molar-refractivity contribution in [1.29, 1.82) is 0 Å². The molecule has 0 saturated heterocycles. The number of hydrogen-bond donors (Lipinski definition) is 2. The highest BCUT2D eigenvalue weighted by Gasteiger charge is 2.16. The molecule has 0 aliphatic rings. The molecular formula is C13H20N2O2S. The summed E-state index contributed by atoms with van der Waals surface area (Å²) in [7, 11) is 0. The van der Waals surface area contributed by atoms with Crippen molar-refractivity contribution in [3.63, 3.8) is 0 Å². The second-order valence-corrected chi connectivity index (χ2v) is 5.48. The average molecular weight is 268 g/mol. The fourth-order valence-corrected chi connectivity index (χ4v) is 2.67. The number of hydrogen-bond acceptors (Lipinski definition) is 3. The SMILES string of the molecule is NC(=O)CCCCCC(Cc1cccs1)C(N)=O. The van der Waals surface area contributed by atoms with E-state index in [0.717, 1.165) is 32.1 Å². The fourth-order valence-electron chi connectivity index (χ4n) is 1.88. The van der Waals surface area contributed by atoms with Gasteiger partial charge in [0.25, 0.3) is 0 Å². The summed E-state index contributed by atoms with van der Waals surface area (Å²) in [5.74, 6) is -0.601. The lowest BCUT2D eigenvalue weighted by atomic mass is 9.96. The van der Waals surface area contributed by atoms with Crippen LogP contribution in [0, 0.1) is 5.92 Å². The van der Waals surface area contributed by atoms with Gasteiger partial charge in [0, 0.05) is 17.2 Å². The standard InChI is InChI=1S/C13H20N2O2S/c14-12(16)7-3-1-2-5-10(13(15)17)9-11-6-4-8-18-11/h4,6,8,10H,1-3,5,7,9H2,(H2,14,16)(H2,15,17). The summed E-state index contributed by atoms with van der Waals surface area (Å²) >= 11 is 1.65. The van der Waals surface area contributed by atoms with Crippen LogP contribution in [-0.2, 0) is 16.0 Å². The van der Waals surface area contributed by atoms with Crippen LogP contribution in [0.2, 0.25) is 0 Å². The van der Waals surface area contributed by atoms with Crippen molar-refractivity contribution in [2.45, 2.75) is 38.5 Å². The lowest BCUT2D eigenvalue weighted by Gasteiger charge is -2.11. The number of carbonyl (C=O) groups excluding carboxylic acids is 2. The summed E-state index contributed by atoms with van der Waals surface area (Å²) in [6.45, 7) is 0. The van der Waals surface area contributed by atoms with Crippen molar-refractivity contribution in [3.8, 4) is 0 Å². The third-order valence-electron chi connectivity index (χ3n) is 2.91. The van der Waals surface area contributed by atoms with E-state index in [9.17, 15) is 9.59 Å². The van der Waals surface area contributed by atoms with Crippen LogP contribution in [0.5, 0.6) is 0 Å². The molecule has 4 N–H and O–H groups in total. The molecule has 1 unspecified atom stereocenters. The molecule has 0 fully saturated rings. The first-order valence-electron chi connectivity index (χ1n) is 6.19. The smallest absolute Gasteiger partial charge is 0.220 e. The summed E-state index contributed by atoms with van der Waals surface area (Å²) in [6.07, 6.45) is 4.55. The molecule has 1 atom stereocenters. The largest absolute Gasteiger partial charge is 0.370 e. The molecule has 5 heteroatoms. The molecule has 1 heterocycles. The van der Waals surface area contributed by atoms with Crippen molar-refractivity contribution in [1.82, 2.24) is 0 Å². The molecule has 18 heavy (non-hydrogen) atoms. The minimum atomic E-state index is -0.264. The minimum Gasteiger partial charge on any atom is -0.370 e. The summed E-state index contributed by atoms with van der Waals surface area (Å²) in [5, 5.41) is 2.00. The zero-order valence-electron chi connectivity index (χ0n) is 10.4. The molecule has 1 aromatic heterocycles. The van der Waals surface area contributed by atoms with Crippen LogP contribution >= 0.6 is 11.3 Å². The molecule has 0 aliphatic carbocycles. The Morgan fingerprint density at radius 3 is 2.56 bits per heavy atom. The van der Waals surface area contributed by atoms with Gasteiger partial charge in [0.05, 0.1) is 0 Å². The maximum absolute atomic E-state index is 11.4. The van der Waals surface area contributed by atoms with Crippen molar-refractivity contribution in [2.24, 2.45) is 17.4 Å². The molecule has 0 aliphatic heterocycles. The van der Waals surface area contributed by atoms with E-state index >= 15 is 0 Å². The Morgan fingerprint density at radius 1 is 1.22 bits per heavy atom. The van der Waals surface area contributed by atoms with Crippen LogP contribution in [0.3, 0.4) is 0 Å². The van der Waals surface area contributed by atoms with E-state index in [1.165, 1.54) is 4.88 Å². The maximum atomic E-state index is 11.4. The highest BCUT2D eigenvalue weighted by Crippen LogP contribution is 2.19. The normalized spacial score (nSPS) is 12.2. The molecule has 4 nitrogen and oxygen atoms in total. The lowest BCUT2D eigenvalue weighted by molar-refractivity contribution is -0.122. The zero-order valence-corrected chi connectivity index (χ0v) is 11.2. The van der Waals surface area contributed by atoms with Gasteiger partial charge in [-0.05, 0) is 30.7 Å². The summed E-state index contributed by atoms with van der Waals surface area (Å²) in [6, 6.07) is 4.00. The van der Waals surface area contributed by atoms with Gasteiger partial charge in [0.1, 0.15) is 0 Å². The van der Waals surface area contributed by atoms with E-state index in [1.54, 1.807) is 11.3 Å². The molecule has 0 spiro atoms. The lowest BCUT2D eigenvalue weighted by Crippen LogP contribution is -2.24. The van der Waals surface area contributed by atoms with Gasteiger partial charge in [0.15, 0.2) is 0 Å². The van der Waals surface area contributed by atoms with Crippen molar-refractivity contribution >= 4 is 23.2 Å². The van der Waals surface area contributed by atoms with Crippen LogP contribution in [0.4, 0.5) is 0 Å². The van der Waals surface area contributed by atoms with E-state index in [4.69, 9.17) is 11.5 Å². The Labute approximate surface area is 111 Å². The fraction of sp³-hybridized carbons (Fsp3) is 0.538. The monoisotopic (exact) mass is 268 g/mol. The molecule has 100 valence electrons. The molecule has 1 aromatic rings. The second-order valence-electron chi connectivity index (χ2n) is 4.45. The maximum Gasteiger partial charge on any atom is 0.220 e. The first-order valence-corrected chi connectivity index (χ1v) is 7.07. The van der Waals surface area contributed by atoms with Gasteiger partial charge in [-0.1, -0.05) is 18.9 Å². The number of nitrogens with two attached hydrogens (primary N) is 2. The first kappa shape index (κ1) is 14.7. The Hall–Kier alpha value is -1.36. The highest BCUT2D eigenvalue weighted by atomic mass is 32.1. The van der Waals surface area contributed by atoms with E-state index in [-0.39, 0.29) is 17.7 Å². The summed E-state index contributed by atoms with van der Waals surface area (Å²) in [5.41, 5.74) is 10.5. The Morgan fingerprint density at radius 2 is 2.00 bits per heavy atom. The van der Waals surface area contributed by atoms with Crippen molar-refractivity contribution < 1.29 is 9.59 Å². The van der Waals surface area contributed by atoms with Crippen LogP contribution in [0.1, 0.15) is 37.0 Å². The molecule has 1 rings (SSSR count). The van der Waals surface area contributed by atoms with Gasteiger partial charge >= 0.3 is 0 Å². The quantitative estimate of drug-likeness (QED) is 0.669. The molecule has 0 radical (unpaired) electrons. The van der Waals surface area contributed by atoms with Gasteiger partial charge in [-0.25, -0.2) is 0 Å². The third kappa shape index (κ3) is 5.82. The van der Waals surface area contributed by atoms with Crippen LogP contribution < -0.4 is 11.5 Å². The number of amides is 2. The Kier molecular flexibility index (Phi) is 6.43. The summed E-state index contributed by atoms with van der Waals surface area (Å²) in [4.78, 5) is 23.1. The molecule has 0 bridgehead atoms. The van der Waals surface area contributed by atoms with E-state index in [2.05, 4.69) is 0 Å². The van der Waals surface area contributed by atoms with Crippen LogP contribution in [0.25, 0.3) is 0 Å². The Balaban J connectivity index is 2.26. The molecular weight excluding hydrogens is 248 g/mol. The first-order chi connectivity index (χ1) is 8.59. The number of rotatable bonds is 9. The average Bonchev–Trinajstić information content (AvgIpc) is 2.79. The molecule has 0 saturated carbocycles. The second kappa shape index (κ2) is 7.87. The van der Waals surface area contributed by atoms with Gasteiger partial charge in [-0.3, -0.25) is 9.59 Å². The van der Waals surface area contributed by atoms with E-state index < -0.39 is 0 Å². The van der Waals surface area contributed by atoms with E-state index in [0.29, 0.717) is 6.42 Å². The highest BCUT2D eigenvalue weighted by molar-refractivity contribution is 7.09. The zero-order chi connectivity index (χ0) is 13.4. The number of carbonyl (C=O) groups is 2. The van der Waals surface area contributed by atoms with Crippen molar-refractivity contribution in [3.05, 3.63) is 22.4 Å². The predicted molar refractivity (Wildman–Crippen MR) is 73.0 cm³/mol. The van der Waals surface area contributed by atoms with Gasteiger partial charge < -0.3 is 11.5 Å².